The maximum atomic E-state index is 4.90. The molecule has 0 aliphatic carbocycles. The first-order chi connectivity index (χ1) is 1.91. The first kappa shape index (κ1) is 22.6. The molecule has 0 saturated heterocycles. The van der Waals surface area contributed by atoms with E-state index in [1.807, 2.05) is 0 Å². The van der Waals surface area contributed by atoms with Gasteiger partial charge in [0, 0.05) is 167 Å². The van der Waals surface area contributed by atoms with Crippen molar-refractivity contribution in [3.63, 3.8) is 0 Å². The van der Waals surface area contributed by atoms with Crippen LogP contribution in [-0.2, 0) is 0 Å². The second kappa shape index (κ2) is 22.4. The van der Waals surface area contributed by atoms with E-state index in [-0.39, 0.29) is 154 Å². The van der Waals surface area contributed by atoms with E-state index < -0.39 is 0 Å². The summed E-state index contributed by atoms with van der Waals surface area (Å²) in [5.74, 6) is 0. The first-order valence-electron chi connectivity index (χ1n) is 1.32. The summed E-state index contributed by atoms with van der Waals surface area (Å²) in [6.45, 7) is 1.19. The standard InChI is InChI=1S/C2H8N2.3K/c3-1-2-4;;;/h1-4H2;;;. The predicted molar refractivity (Wildman–Crippen MR) is 35.4 cm³/mol. The second-order valence-electron chi connectivity index (χ2n) is 0.577. The Morgan fingerprint density at radius 3 is 0.857 bits per heavy atom. The van der Waals surface area contributed by atoms with Crippen LogP contribution >= 0.6 is 0 Å². The van der Waals surface area contributed by atoms with Gasteiger partial charge in [-0.2, -0.15) is 0 Å². The Bertz CT molecular complexity index is 12.9. The van der Waals surface area contributed by atoms with Crippen LogP contribution in [0.5, 0.6) is 0 Å². The van der Waals surface area contributed by atoms with E-state index >= 15 is 0 Å². The summed E-state index contributed by atoms with van der Waals surface area (Å²) in [6, 6.07) is 0. The summed E-state index contributed by atoms with van der Waals surface area (Å²) in [5, 5.41) is 0. The van der Waals surface area contributed by atoms with Crippen LogP contribution in [0.4, 0.5) is 0 Å². The minimum atomic E-state index is 0. The SMILES string of the molecule is NCCN.[K].[K].[K]. The largest absolute Gasteiger partial charge is 0.329 e. The van der Waals surface area contributed by atoms with Crippen LogP contribution in [0.3, 0.4) is 0 Å². The molecule has 0 aliphatic heterocycles. The molecule has 0 aromatic heterocycles. The molecule has 0 bridgehead atoms. The minimum Gasteiger partial charge on any atom is -0.329 e. The third-order valence-corrected chi connectivity index (χ3v) is 0.167. The predicted octanol–water partition coefficient (Wildman–Crippen LogP) is -2.24. The summed E-state index contributed by atoms with van der Waals surface area (Å²) in [5.41, 5.74) is 9.81. The van der Waals surface area contributed by atoms with Crippen molar-refractivity contribution in [3.8, 4) is 0 Å². The number of hydrogen-bond acceptors (Lipinski definition) is 2. The quantitative estimate of drug-likeness (QED) is 0.445. The summed E-state index contributed by atoms with van der Waals surface area (Å²) in [7, 11) is 0. The number of rotatable bonds is 1. The van der Waals surface area contributed by atoms with Gasteiger partial charge >= 0.3 is 0 Å². The van der Waals surface area contributed by atoms with E-state index in [0.717, 1.165) is 0 Å². The topological polar surface area (TPSA) is 52.0 Å². The number of hydrogen-bond donors (Lipinski definition) is 2. The van der Waals surface area contributed by atoms with Crippen LogP contribution in [-0.4, -0.2) is 167 Å². The second-order valence-corrected chi connectivity index (χ2v) is 0.577. The summed E-state index contributed by atoms with van der Waals surface area (Å²) in [6.07, 6.45) is 0. The molecule has 0 unspecified atom stereocenters. The van der Waals surface area contributed by atoms with Gasteiger partial charge in [0.2, 0.25) is 0 Å². The molecule has 0 heterocycles. The fraction of sp³-hybridized carbons (Fsp3) is 1.00. The van der Waals surface area contributed by atoms with Crippen LogP contribution in [0.2, 0.25) is 0 Å². The van der Waals surface area contributed by atoms with E-state index in [0.29, 0.717) is 13.1 Å². The Morgan fingerprint density at radius 1 is 0.714 bits per heavy atom. The van der Waals surface area contributed by atoms with Crippen molar-refractivity contribution in [1.82, 2.24) is 0 Å². The van der Waals surface area contributed by atoms with Crippen LogP contribution in [0.25, 0.3) is 0 Å². The van der Waals surface area contributed by atoms with Crippen molar-refractivity contribution in [2.75, 3.05) is 13.1 Å². The third kappa shape index (κ3) is 24.8. The molecule has 0 amide bonds. The van der Waals surface area contributed by atoms with Gasteiger partial charge in [-0.15, -0.1) is 0 Å². The smallest absolute Gasteiger partial charge is 0.00461 e. The number of nitrogens with two attached hydrogens (primary N) is 2. The Hall–Kier alpha value is 4.83. The summed E-state index contributed by atoms with van der Waals surface area (Å²) >= 11 is 0. The Kier molecular flexibility index (Phi) is 72.5. The average molecular weight is 177 g/mol. The van der Waals surface area contributed by atoms with E-state index in [1.165, 1.54) is 0 Å². The van der Waals surface area contributed by atoms with Crippen molar-refractivity contribution < 1.29 is 0 Å². The molecule has 2 nitrogen and oxygen atoms in total. The molecule has 0 rings (SSSR count). The van der Waals surface area contributed by atoms with Crippen molar-refractivity contribution >= 4 is 154 Å². The molecular weight excluding hydrogens is 169 g/mol. The molecule has 29 valence electrons. The fourth-order valence-corrected chi connectivity index (χ4v) is 0. The van der Waals surface area contributed by atoms with E-state index in [4.69, 9.17) is 11.5 Å². The van der Waals surface area contributed by atoms with Gasteiger partial charge in [-0.25, -0.2) is 0 Å². The molecule has 0 spiro atoms. The molecular formula is C2H8K3N2. The summed E-state index contributed by atoms with van der Waals surface area (Å²) in [4.78, 5) is 0. The maximum Gasteiger partial charge on any atom is 0.00461 e. The van der Waals surface area contributed by atoms with Crippen LogP contribution in [0.15, 0.2) is 0 Å². The molecule has 5 heteroatoms. The maximum absolute atomic E-state index is 4.90. The van der Waals surface area contributed by atoms with Crippen molar-refractivity contribution in [1.29, 1.82) is 0 Å². The van der Waals surface area contributed by atoms with Crippen molar-refractivity contribution in [3.05, 3.63) is 0 Å². The van der Waals surface area contributed by atoms with E-state index in [9.17, 15) is 0 Å². The molecule has 0 saturated carbocycles. The van der Waals surface area contributed by atoms with Crippen molar-refractivity contribution in [2.45, 2.75) is 0 Å². The third-order valence-electron chi connectivity index (χ3n) is 0.167. The van der Waals surface area contributed by atoms with Gasteiger partial charge in [0.05, 0.1) is 0 Å². The molecule has 0 aromatic rings. The van der Waals surface area contributed by atoms with Crippen LogP contribution in [0.1, 0.15) is 0 Å². The van der Waals surface area contributed by atoms with Crippen LogP contribution in [0, 0.1) is 0 Å². The Balaban J connectivity index is -0.0000000150. The van der Waals surface area contributed by atoms with Gasteiger partial charge in [0.25, 0.3) is 0 Å². The van der Waals surface area contributed by atoms with Gasteiger partial charge in [-0.05, 0) is 0 Å². The zero-order valence-electron chi connectivity index (χ0n) is 5.57. The van der Waals surface area contributed by atoms with Gasteiger partial charge in [0.1, 0.15) is 0 Å². The zero-order valence-corrected chi connectivity index (χ0v) is 14.9. The normalized spacial score (nSPS) is 4.29. The average Bonchev–Trinajstić information content (AvgIpc) is 1.37. The first-order valence-corrected chi connectivity index (χ1v) is 1.32. The zero-order chi connectivity index (χ0) is 3.41. The molecule has 4 N–H and O–H groups in total. The Morgan fingerprint density at radius 2 is 0.857 bits per heavy atom. The van der Waals surface area contributed by atoms with Gasteiger partial charge in [-0.1, -0.05) is 0 Å². The van der Waals surface area contributed by atoms with Crippen molar-refractivity contribution in [2.24, 2.45) is 11.5 Å². The van der Waals surface area contributed by atoms with Gasteiger partial charge in [0.15, 0.2) is 0 Å². The van der Waals surface area contributed by atoms with Crippen LogP contribution < -0.4 is 11.5 Å². The molecule has 3 radical (unpaired) electrons. The van der Waals surface area contributed by atoms with E-state index in [1.54, 1.807) is 0 Å². The van der Waals surface area contributed by atoms with E-state index in [2.05, 4.69) is 0 Å². The fourth-order valence-electron chi connectivity index (χ4n) is 0. The molecule has 0 aromatic carbocycles. The molecule has 0 fully saturated rings. The summed E-state index contributed by atoms with van der Waals surface area (Å²) < 4.78 is 0. The van der Waals surface area contributed by atoms with Gasteiger partial charge < -0.3 is 11.5 Å². The van der Waals surface area contributed by atoms with Gasteiger partial charge in [-0.3, -0.25) is 0 Å². The monoisotopic (exact) mass is 177 g/mol. The molecule has 0 aliphatic rings. The molecule has 0 atom stereocenters. The Labute approximate surface area is 173 Å². The minimum absolute atomic E-state index is 0. The molecule has 7 heavy (non-hydrogen) atoms.